The minimum atomic E-state index is 0.640. The third kappa shape index (κ3) is 7.70. The summed E-state index contributed by atoms with van der Waals surface area (Å²) in [5.74, 6) is 0. The van der Waals surface area contributed by atoms with Gasteiger partial charge in [0.25, 0.3) is 0 Å². The Morgan fingerprint density at radius 3 is 2.67 bits per heavy atom. The van der Waals surface area contributed by atoms with Crippen molar-refractivity contribution in [2.24, 2.45) is 0 Å². The van der Waals surface area contributed by atoms with Crippen molar-refractivity contribution in [3.63, 3.8) is 0 Å². The smallest absolute Gasteiger partial charge is 0.120 e. The highest BCUT2D eigenvalue weighted by molar-refractivity contribution is 6.29. The first-order valence-electron chi connectivity index (χ1n) is 3.03. The summed E-state index contributed by atoms with van der Waals surface area (Å²) in [6, 6.07) is 0. The molecule has 0 spiro atoms. The van der Waals surface area contributed by atoms with Gasteiger partial charge in [-0.05, 0) is 19.8 Å². The number of hydrogen-bond donors (Lipinski definition) is 0. The molecule has 0 N–H and O–H groups in total. The van der Waals surface area contributed by atoms with E-state index in [0.717, 1.165) is 24.2 Å². The molecule has 0 radical (unpaired) electrons. The van der Waals surface area contributed by atoms with E-state index >= 15 is 0 Å². The van der Waals surface area contributed by atoms with E-state index in [1.807, 2.05) is 13.0 Å². The van der Waals surface area contributed by atoms with Crippen molar-refractivity contribution in [3.05, 3.63) is 11.1 Å². The standard InChI is InChI=1S/C7H11ClO/c1-7(8)5-3-2-4-6-9/h5-6H,2-4H2,1H3/b7-5-. The minimum absolute atomic E-state index is 0.640. The molecule has 0 aromatic carbocycles. The van der Waals surface area contributed by atoms with Gasteiger partial charge in [-0.3, -0.25) is 0 Å². The van der Waals surface area contributed by atoms with Gasteiger partial charge >= 0.3 is 0 Å². The second-order valence-corrected chi connectivity index (χ2v) is 2.48. The fourth-order valence-electron chi connectivity index (χ4n) is 0.502. The zero-order chi connectivity index (χ0) is 7.11. The van der Waals surface area contributed by atoms with Crippen molar-refractivity contribution in [3.8, 4) is 0 Å². The molecule has 0 saturated carbocycles. The average molecular weight is 147 g/mol. The molecule has 0 aliphatic rings. The Kier molecular flexibility index (Phi) is 5.64. The zero-order valence-corrected chi connectivity index (χ0v) is 6.32. The lowest BCUT2D eigenvalue weighted by Gasteiger charge is -1.87. The molecule has 0 bridgehead atoms. The maximum Gasteiger partial charge on any atom is 0.120 e. The molecule has 1 nitrogen and oxygen atoms in total. The first kappa shape index (κ1) is 8.70. The molecule has 0 heterocycles. The topological polar surface area (TPSA) is 17.1 Å². The monoisotopic (exact) mass is 146 g/mol. The van der Waals surface area contributed by atoms with E-state index in [1.54, 1.807) is 0 Å². The molecule has 0 aliphatic heterocycles. The second kappa shape index (κ2) is 5.83. The van der Waals surface area contributed by atoms with Gasteiger partial charge in [0.15, 0.2) is 0 Å². The zero-order valence-electron chi connectivity index (χ0n) is 5.56. The molecule has 0 atom stereocenters. The Morgan fingerprint density at radius 1 is 1.56 bits per heavy atom. The highest BCUT2D eigenvalue weighted by Gasteiger charge is 1.82. The van der Waals surface area contributed by atoms with Gasteiger partial charge in [0.05, 0.1) is 0 Å². The number of halogens is 1. The van der Waals surface area contributed by atoms with Gasteiger partial charge in [0.2, 0.25) is 0 Å². The number of carbonyl (C=O) groups excluding carboxylic acids is 1. The van der Waals surface area contributed by atoms with Crippen LogP contribution in [0.25, 0.3) is 0 Å². The Labute approximate surface area is 60.7 Å². The van der Waals surface area contributed by atoms with Crippen molar-refractivity contribution in [1.82, 2.24) is 0 Å². The largest absolute Gasteiger partial charge is 0.303 e. The number of unbranched alkanes of at least 4 members (excludes halogenated alkanes) is 2. The van der Waals surface area contributed by atoms with Crippen molar-refractivity contribution in [2.75, 3.05) is 0 Å². The molecule has 2 heteroatoms. The van der Waals surface area contributed by atoms with E-state index < -0.39 is 0 Å². The lowest BCUT2D eigenvalue weighted by Crippen LogP contribution is -1.73. The summed E-state index contributed by atoms with van der Waals surface area (Å²) in [6.45, 7) is 1.84. The summed E-state index contributed by atoms with van der Waals surface area (Å²) in [6.07, 6.45) is 5.31. The summed E-state index contributed by atoms with van der Waals surface area (Å²) < 4.78 is 0. The lowest BCUT2D eigenvalue weighted by molar-refractivity contribution is -0.107. The molecule has 9 heavy (non-hydrogen) atoms. The van der Waals surface area contributed by atoms with Crippen LogP contribution in [0.3, 0.4) is 0 Å². The second-order valence-electron chi connectivity index (χ2n) is 1.89. The van der Waals surface area contributed by atoms with Crippen LogP contribution in [0.2, 0.25) is 0 Å². The maximum absolute atomic E-state index is 9.80. The Hall–Kier alpha value is -0.300. The highest BCUT2D eigenvalue weighted by Crippen LogP contribution is 2.02. The Bertz CT molecular complexity index is 103. The van der Waals surface area contributed by atoms with Crippen LogP contribution in [-0.4, -0.2) is 6.29 Å². The number of rotatable bonds is 4. The summed E-state index contributed by atoms with van der Waals surface area (Å²) >= 11 is 5.53. The lowest BCUT2D eigenvalue weighted by atomic mass is 10.2. The molecule has 0 rings (SSSR count). The molecule has 0 aliphatic carbocycles. The summed E-state index contributed by atoms with van der Waals surface area (Å²) in [7, 11) is 0. The Balaban J connectivity index is 3.09. The molecule has 0 saturated heterocycles. The molecule has 0 amide bonds. The first-order chi connectivity index (χ1) is 4.27. The molecule has 0 aromatic rings. The molecule has 0 aromatic heterocycles. The maximum atomic E-state index is 9.80. The van der Waals surface area contributed by atoms with E-state index in [-0.39, 0.29) is 0 Å². The van der Waals surface area contributed by atoms with E-state index in [1.165, 1.54) is 0 Å². The minimum Gasteiger partial charge on any atom is -0.303 e. The fourth-order valence-corrected chi connectivity index (χ4v) is 0.611. The van der Waals surface area contributed by atoms with Crippen LogP contribution in [0.1, 0.15) is 26.2 Å². The molecular formula is C7H11ClO. The van der Waals surface area contributed by atoms with Crippen LogP contribution in [0.5, 0.6) is 0 Å². The number of aldehydes is 1. The SMILES string of the molecule is C/C(Cl)=C/CCCC=O. The summed E-state index contributed by atoms with van der Waals surface area (Å²) in [5.41, 5.74) is 0. The third-order valence-corrected chi connectivity index (χ3v) is 1.11. The third-order valence-electron chi connectivity index (χ3n) is 0.952. The van der Waals surface area contributed by atoms with E-state index in [4.69, 9.17) is 11.6 Å². The quantitative estimate of drug-likeness (QED) is 0.440. The summed E-state index contributed by atoms with van der Waals surface area (Å²) in [5, 5.41) is 0.806. The number of allylic oxidation sites excluding steroid dienone is 2. The van der Waals surface area contributed by atoms with E-state index in [9.17, 15) is 4.79 Å². The molecule has 52 valence electrons. The summed E-state index contributed by atoms with van der Waals surface area (Å²) in [4.78, 5) is 9.80. The van der Waals surface area contributed by atoms with Crippen LogP contribution in [0.15, 0.2) is 11.1 Å². The number of carbonyl (C=O) groups is 1. The van der Waals surface area contributed by atoms with Crippen LogP contribution in [0.4, 0.5) is 0 Å². The van der Waals surface area contributed by atoms with E-state index in [0.29, 0.717) is 6.42 Å². The van der Waals surface area contributed by atoms with Crippen LogP contribution in [-0.2, 0) is 4.79 Å². The van der Waals surface area contributed by atoms with Gasteiger partial charge in [0, 0.05) is 11.5 Å². The fraction of sp³-hybridized carbons (Fsp3) is 0.571. The van der Waals surface area contributed by atoms with Crippen molar-refractivity contribution in [2.45, 2.75) is 26.2 Å². The average Bonchev–Trinajstić information content (AvgIpc) is 1.80. The van der Waals surface area contributed by atoms with Crippen molar-refractivity contribution < 1.29 is 4.79 Å². The van der Waals surface area contributed by atoms with Gasteiger partial charge < -0.3 is 4.79 Å². The molecule has 0 fully saturated rings. The van der Waals surface area contributed by atoms with Gasteiger partial charge in [-0.2, -0.15) is 0 Å². The van der Waals surface area contributed by atoms with Crippen LogP contribution >= 0.6 is 11.6 Å². The highest BCUT2D eigenvalue weighted by atomic mass is 35.5. The van der Waals surface area contributed by atoms with Gasteiger partial charge in [-0.25, -0.2) is 0 Å². The van der Waals surface area contributed by atoms with Gasteiger partial charge in [0.1, 0.15) is 6.29 Å². The Morgan fingerprint density at radius 2 is 2.22 bits per heavy atom. The number of hydrogen-bond acceptors (Lipinski definition) is 1. The van der Waals surface area contributed by atoms with Crippen LogP contribution in [0, 0.1) is 0 Å². The predicted molar refractivity (Wildman–Crippen MR) is 39.5 cm³/mol. The van der Waals surface area contributed by atoms with E-state index in [2.05, 4.69) is 0 Å². The van der Waals surface area contributed by atoms with Crippen molar-refractivity contribution in [1.29, 1.82) is 0 Å². The van der Waals surface area contributed by atoms with Gasteiger partial charge in [-0.1, -0.05) is 17.7 Å². The normalized spacial score (nSPS) is 11.6. The van der Waals surface area contributed by atoms with Crippen molar-refractivity contribution >= 4 is 17.9 Å². The van der Waals surface area contributed by atoms with Gasteiger partial charge in [-0.15, -0.1) is 0 Å². The first-order valence-corrected chi connectivity index (χ1v) is 3.41. The molecule has 0 unspecified atom stereocenters. The molecular weight excluding hydrogens is 136 g/mol. The van der Waals surface area contributed by atoms with Crippen LogP contribution < -0.4 is 0 Å². The predicted octanol–water partition coefficient (Wildman–Crippen LogP) is 2.50.